The van der Waals surface area contributed by atoms with Gasteiger partial charge in [-0.15, -0.1) is 0 Å². The fourth-order valence-corrected chi connectivity index (χ4v) is 3.17. The van der Waals surface area contributed by atoms with Gasteiger partial charge in [0.15, 0.2) is 0 Å². The molecule has 1 N–H and O–H groups in total. The fourth-order valence-electron chi connectivity index (χ4n) is 2.62. The third-order valence-electron chi connectivity index (χ3n) is 3.52. The maximum atomic E-state index is 4.73. The van der Waals surface area contributed by atoms with Crippen molar-refractivity contribution in [2.45, 2.75) is 25.8 Å². The number of rotatable bonds is 1. The van der Waals surface area contributed by atoms with Crippen LogP contribution in [0.3, 0.4) is 0 Å². The number of hydrogen-bond acceptors (Lipinski definition) is 2. The van der Waals surface area contributed by atoms with E-state index in [0.717, 1.165) is 36.1 Å². The maximum absolute atomic E-state index is 4.73. The van der Waals surface area contributed by atoms with Crippen LogP contribution in [0, 0.1) is 6.92 Å². The zero-order chi connectivity index (χ0) is 11.8. The van der Waals surface area contributed by atoms with Gasteiger partial charge in [0, 0.05) is 9.86 Å². The highest BCUT2D eigenvalue weighted by Crippen LogP contribution is 2.30. The number of fused-ring (bicyclic) bond motifs is 1. The van der Waals surface area contributed by atoms with Crippen molar-refractivity contribution in [3.63, 3.8) is 0 Å². The summed E-state index contributed by atoms with van der Waals surface area (Å²) in [6, 6.07) is 6.86. The number of aromatic nitrogens is 2. The van der Waals surface area contributed by atoms with Crippen LogP contribution in [-0.2, 0) is 0 Å². The van der Waals surface area contributed by atoms with Gasteiger partial charge in [-0.3, -0.25) is 4.68 Å². The van der Waals surface area contributed by atoms with Crippen LogP contribution >= 0.6 is 15.9 Å². The third-order valence-corrected chi connectivity index (χ3v) is 4.16. The first-order valence-electron chi connectivity index (χ1n) is 6.11. The van der Waals surface area contributed by atoms with Crippen molar-refractivity contribution < 1.29 is 0 Å². The van der Waals surface area contributed by atoms with Crippen LogP contribution in [0.4, 0.5) is 0 Å². The minimum Gasteiger partial charge on any atom is -0.317 e. The summed E-state index contributed by atoms with van der Waals surface area (Å²) in [5.41, 5.74) is 2.37. The number of nitrogens with one attached hydrogen (secondary N) is 1. The summed E-state index contributed by atoms with van der Waals surface area (Å²) in [4.78, 5) is 0. The molecule has 1 fully saturated rings. The van der Waals surface area contributed by atoms with E-state index in [2.05, 4.69) is 51.1 Å². The lowest BCUT2D eigenvalue weighted by molar-refractivity contribution is 0.350. The second-order valence-corrected chi connectivity index (χ2v) is 5.50. The topological polar surface area (TPSA) is 29.9 Å². The second-order valence-electron chi connectivity index (χ2n) is 4.65. The average molecular weight is 294 g/mol. The van der Waals surface area contributed by atoms with Crippen molar-refractivity contribution in [2.75, 3.05) is 13.1 Å². The molecule has 0 bridgehead atoms. The number of halogens is 1. The molecule has 2 aromatic rings. The van der Waals surface area contributed by atoms with Gasteiger partial charge >= 0.3 is 0 Å². The molecule has 17 heavy (non-hydrogen) atoms. The predicted octanol–water partition coefficient (Wildman–Crippen LogP) is 3.03. The summed E-state index contributed by atoms with van der Waals surface area (Å²) in [5, 5.41) is 9.40. The number of para-hydroxylation sites is 1. The highest BCUT2D eigenvalue weighted by atomic mass is 79.9. The van der Waals surface area contributed by atoms with Gasteiger partial charge < -0.3 is 5.32 Å². The van der Waals surface area contributed by atoms with Crippen molar-refractivity contribution >= 4 is 26.8 Å². The SMILES string of the molecule is Cc1nn(C2CCNCC2)c2c(Br)cccc12. The van der Waals surface area contributed by atoms with Crippen LogP contribution in [0.1, 0.15) is 24.6 Å². The van der Waals surface area contributed by atoms with E-state index in [1.165, 1.54) is 10.9 Å². The van der Waals surface area contributed by atoms with E-state index in [1.807, 2.05) is 0 Å². The molecule has 0 aliphatic carbocycles. The Morgan fingerprint density at radius 2 is 2.12 bits per heavy atom. The molecule has 4 heteroatoms. The lowest BCUT2D eigenvalue weighted by atomic mass is 10.1. The first-order chi connectivity index (χ1) is 8.27. The summed E-state index contributed by atoms with van der Waals surface area (Å²) in [6.07, 6.45) is 2.33. The maximum Gasteiger partial charge on any atom is 0.0830 e. The molecular weight excluding hydrogens is 278 g/mol. The Kier molecular flexibility index (Phi) is 2.92. The van der Waals surface area contributed by atoms with E-state index >= 15 is 0 Å². The Labute approximate surface area is 109 Å². The molecule has 0 unspecified atom stereocenters. The number of nitrogens with zero attached hydrogens (tertiary/aromatic N) is 2. The average Bonchev–Trinajstić information content (AvgIpc) is 2.70. The van der Waals surface area contributed by atoms with Gasteiger partial charge in [-0.25, -0.2) is 0 Å². The first-order valence-corrected chi connectivity index (χ1v) is 6.91. The van der Waals surface area contributed by atoms with Crippen LogP contribution in [0.5, 0.6) is 0 Å². The zero-order valence-electron chi connectivity index (χ0n) is 9.91. The van der Waals surface area contributed by atoms with Crippen molar-refractivity contribution in [1.29, 1.82) is 0 Å². The predicted molar refractivity (Wildman–Crippen MR) is 73.3 cm³/mol. The summed E-state index contributed by atoms with van der Waals surface area (Å²) >= 11 is 3.65. The highest BCUT2D eigenvalue weighted by Gasteiger charge is 2.20. The molecule has 1 aromatic carbocycles. The van der Waals surface area contributed by atoms with Gasteiger partial charge in [0.05, 0.1) is 17.3 Å². The van der Waals surface area contributed by atoms with Gasteiger partial charge in [-0.05, 0) is 54.9 Å². The number of benzene rings is 1. The van der Waals surface area contributed by atoms with Crippen LogP contribution in [-0.4, -0.2) is 22.9 Å². The van der Waals surface area contributed by atoms with Gasteiger partial charge in [0.25, 0.3) is 0 Å². The second kappa shape index (κ2) is 4.42. The molecule has 1 saturated heterocycles. The smallest absolute Gasteiger partial charge is 0.0830 e. The molecule has 0 radical (unpaired) electrons. The lowest BCUT2D eigenvalue weighted by Gasteiger charge is -2.24. The van der Waals surface area contributed by atoms with Crippen LogP contribution in [0.15, 0.2) is 22.7 Å². The largest absolute Gasteiger partial charge is 0.317 e. The van der Waals surface area contributed by atoms with Crippen molar-refractivity contribution in [3.05, 3.63) is 28.4 Å². The van der Waals surface area contributed by atoms with E-state index in [1.54, 1.807) is 0 Å². The van der Waals surface area contributed by atoms with E-state index < -0.39 is 0 Å². The molecule has 90 valence electrons. The summed E-state index contributed by atoms with van der Waals surface area (Å²) in [7, 11) is 0. The highest BCUT2D eigenvalue weighted by molar-refractivity contribution is 9.10. The molecule has 0 spiro atoms. The molecule has 0 saturated carbocycles. The van der Waals surface area contributed by atoms with Crippen molar-refractivity contribution in [3.8, 4) is 0 Å². The Hall–Kier alpha value is -0.870. The molecule has 1 aliphatic rings. The molecular formula is C13H16BrN3. The van der Waals surface area contributed by atoms with Crippen LogP contribution in [0.25, 0.3) is 10.9 Å². The minimum atomic E-state index is 0.533. The van der Waals surface area contributed by atoms with Gasteiger partial charge in [0.1, 0.15) is 0 Å². The van der Waals surface area contributed by atoms with Gasteiger partial charge in [-0.1, -0.05) is 12.1 Å². The summed E-state index contributed by atoms with van der Waals surface area (Å²) < 4.78 is 3.37. The van der Waals surface area contributed by atoms with E-state index in [0.29, 0.717) is 6.04 Å². The molecule has 0 atom stereocenters. The van der Waals surface area contributed by atoms with Crippen LogP contribution < -0.4 is 5.32 Å². The fraction of sp³-hybridized carbons (Fsp3) is 0.462. The normalized spacial score (nSPS) is 17.8. The zero-order valence-corrected chi connectivity index (χ0v) is 11.5. The number of aryl methyl sites for hydroxylation is 1. The van der Waals surface area contributed by atoms with Crippen molar-refractivity contribution in [2.24, 2.45) is 0 Å². The Balaban J connectivity index is 2.15. The Morgan fingerprint density at radius 1 is 1.35 bits per heavy atom. The molecule has 1 aromatic heterocycles. The quantitative estimate of drug-likeness (QED) is 0.876. The molecule has 2 heterocycles. The molecule has 0 amide bonds. The monoisotopic (exact) mass is 293 g/mol. The lowest BCUT2D eigenvalue weighted by Crippen LogP contribution is -2.29. The van der Waals surface area contributed by atoms with Crippen LogP contribution in [0.2, 0.25) is 0 Å². The molecule has 3 nitrogen and oxygen atoms in total. The number of hydrogen-bond donors (Lipinski definition) is 1. The molecule has 1 aliphatic heterocycles. The standard InChI is InChI=1S/C13H16BrN3/c1-9-11-3-2-4-12(14)13(11)17(16-9)10-5-7-15-8-6-10/h2-4,10,15H,5-8H2,1H3. The molecule has 3 rings (SSSR count). The number of piperidine rings is 1. The van der Waals surface area contributed by atoms with E-state index in [-0.39, 0.29) is 0 Å². The first kappa shape index (κ1) is 11.2. The Bertz CT molecular complexity index is 541. The minimum absolute atomic E-state index is 0.533. The summed E-state index contributed by atoms with van der Waals surface area (Å²) in [5.74, 6) is 0. The van der Waals surface area contributed by atoms with Gasteiger partial charge in [-0.2, -0.15) is 5.10 Å². The third kappa shape index (κ3) is 1.89. The van der Waals surface area contributed by atoms with Gasteiger partial charge in [0.2, 0.25) is 0 Å². The van der Waals surface area contributed by atoms with E-state index in [9.17, 15) is 0 Å². The summed E-state index contributed by atoms with van der Waals surface area (Å²) in [6.45, 7) is 4.28. The van der Waals surface area contributed by atoms with Crippen molar-refractivity contribution in [1.82, 2.24) is 15.1 Å². The van der Waals surface area contributed by atoms with E-state index in [4.69, 9.17) is 5.10 Å². The Morgan fingerprint density at radius 3 is 2.88 bits per heavy atom.